The van der Waals surface area contributed by atoms with E-state index in [9.17, 15) is 28.8 Å². The number of ketones is 1. The van der Waals surface area contributed by atoms with E-state index in [-0.39, 0.29) is 68.1 Å². The number of esters is 1. The number of rotatable bonds is 20. The van der Waals surface area contributed by atoms with E-state index in [0.717, 1.165) is 84.1 Å². The molecule has 23 nitrogen and oxygen atoms in total. The summed E-state index contributed by atoms with van der Waals surface area (Å²) in [6.07, 6.45) is 10.1. The molecule has 590 valence electrons. The number of carbonyl (C=O) groups excluding carboxylic acids is 6. The Morgan fingerprint density at radius 2 is 0.862 bits per heavy atom. The van der Waals surface area contributed by atoms with Crippen molar-refractivity contribution in [3.8, 4) is 34.8 Å². The molecule has 0 atom stereocenters. The van der Waals surface area contributed by atoms with Gasteiger partial charge in [0, 0.05) is 85.3 Å². The minimum atomic E-state index is -1.08. The number of nitrogens with two attached hydrogens (primary N) is 5. The van der Waals surface area contributed by atoms with Crippen molar-refractivity contribution in [3.63, 3.8) is 0 Å². The Kier molecular flexibility index (Phi) is 55.8. The fourth-order valence-corrected chi connectivity index (χ4v) is 8.76. The Labute approximate surface area is 673 Å². The third-order valence-electron chi connectivity index (χ3n) is 14.2. The molecule has 5 aromatic carbocycles. The Morgan fingerprint density at radius 1 is 0.495 bits per heavy atom. The van der Waals surface area contributed by atoms with Crippen LogP contribution in [0.2, 0.25) is 0 Å². The number of halogens is 5. The summed E-state index contributed by atoms with van der Waals surface area (Å²) < 4.78 is 25.6. The van der Waals surface area contributed by atoms with Crippen molar-refractivity contribution in [3.05, 3.63) is 264 Å². The molecule has 0 bridgehead atoms. The molecule has 12 N–H and O–H groups in total. The molecule has 9 aromatic rings. The van der Waals surface area contributed by atoms with Crippen LogP contribution in [0.5, 0.6) is 28.7 Å². The summed E-state index contributed by atoms with van der Waals surface area (Å²) in [5, 5.41) is 19.0. The third-order valence-corrected chi connectivity index (χ3v) is 14.9. The molecule has 0 spiro atoms. The van der Waals surface area contributed by atoms with Crippen LogP contribution < -0.4 is 52.9 Å². The number of nitrogens with zero attached hydrogens (tertiary/aromatic N) is 5. The van der Waals surface area contributed by atoms with Crippen molar-refractivity contribution in [1.82, 2.24) is 25.3 Å². The van der Waals surface area contributed by atoms with Crippen LogP contribution in [-0.2, 0) is 62.8 Å². The predicted molar refractivity (Wildman–Crippen MR) is 441 cm³/mol. The summed E-state index contributed by atoms with van der Waals surface area (Å²) in [4.78, 5) is 81.7. The van der Waals surface area contributed by atoms with Crippen LogP contribution in [0.1, 0.15) is 124 Å². The molecule has 3 amide bonds. The lowest BCUT2D eigenvalue weighted by Crippen LogP contribution is -2.30. The molecule has 0 saturated carbocycles. The lowest BCUT2D eigenvalue weighted by atomic mass is 10.1. The van der Waals surface area contributed by atoms with E-state index in [1.807, 2.05) is 184 Å². The monoisotopic (exact) mass is 1640 g/mol. The minimum absolute atomic E-state index is 0. The second kappa shape index (κ2) is 59.0. The van der Waals surface area contributed by atoms with Gasteiger partial charge >= 0.3 is 11.2 Å². The highest BCUT2D eigenvalue weighted by molar-refractivity contribution is 9.10. The van der Waals surface area contributed by atoms with Crippen molar-refractivity contribution >= 4 is 99.5 Å². The van der Waals surface area contributed by atoms with Gasteiger partial charge in [-0.15, -0.1) is 37.2 Å². The Hall–Kier alpha value is -10.1. The van der Waals surface area contributed by atoms with Crippen LogP contribution in [-0.4, -0.2) is 101 Å². The highest BCUT2D eigenvalue weighted by atomic mass is 79.9. The second-order valence-electron chi connectivity index (χ2n) is 23.3. The number of Topliss-reactive ketones (excluding diaryl/α,β-unsaturated/α-hetero) is 1. The summed E-state index contributed by atoms with van der Waals surface area (Å²) in [6, 6.07) is 45.6. The quantitative estimate of drug-likeness (QED) is 0.0161. The van der Waals surface area contributed by atoms with Crippen molar-refractivity contribution < 1.29 is 57.6 Å². The number of nitriles is 1. The van der Waals surface area contributed by atoms with Crippen molar-refractivity contribution in [2.45, 2.75) is 121 Å². The lowest BCUT2D eigenvalue weighted by Gasteiger charge is -2.10. The molecular weight excluding hydrogens is 1540 g/mol. The van der Waals surface area contributed by atoms with E-state index in [1.165, 1.54) is 41.5 Å². The Morgan fingerprint density at radius 3 is 1.20 bits per heavy atom. The summed E-state index contributed by atoms with van der Waals surface area (Å²) in [5.74, 6) is -0.0839. The maximum Gasteiger partial charge on any atom is 0.391 e. The van der Waals surface area contributed by atoms with Crippen molar-refractivity contribution in [2.75, 3.05) is 41.6 Å². The number of methoxy groups -OCH3 is 4. The molecule has 0 saturated heterocycles. The smallest absolute Gasteiger partial charge is 0.391 e. The number of carbonyl (C=O) groups is 6. The largest absolute Gasteiger partial charge is 0.507 e. The van der Waals surface area contributed by atoms with Crippen LogP contribution >= 0.6 is 64.8 Å². The van der Waals surface area contributed by atoms with Crippen LogP contribution in [0.25, 0.3) is 0 Å². The highest BCUT2D eigenvalue weighted by Gasteiger charge is 2.15. The average Bonchev–Trinajstić information content (AvgIpc) is 0.869. The molecule has 0 aliphatic heterocycles. The first-order valence-electron chi connectivity index (χ1n) is 33.3. The SMILES string of the molecule is CCOC(=O)C(=O)Cl.COc1cc(C)ccc1C(N)=O.COc1cc(C)ccc1CN.COc1cc(C)ccc1CN.COc1cc(C)ccc1CNC(=O)C(=O)CCCc1ccc(C)cn1.Cc1ccc(Br)nc1.Cc1ccc(C(N)=O)c(O)c1.Cc1ccc(CC#N)nc1.Cc1ccc(CCN)nc1.Cl.Cl.Cl. The number of ether oxygens (including phenoxy) is 5. The van der Waals surface area contributed by atoms with Gasteiger partial charge in [0.1, 0.15) is 33.4 Å². The lowest BCUT2D eigenvalue weighted by molar-refractivity contribution is -0.149. The maximum absolute atomic E-state index is 12.0. The fraction of sp³-hybridized carbons (Fsp3) is 0.296. The van der Waals surface area contributed by atoms with E-state index < -0.39 is 34.7 Å². The van der Waals surface area contributed by atoms with Gasteiger partial charge in [-0.2, -0.15) is 5.26 Å². The van der Waals surface area contributed by atoms with Gasteiger partial charge in [0.15, 0.2) is 0 Å². The number of benzene rings is 5. The first-order chi connectivity index (χ1) is 50.4. The fourth-order valence-electron chi connectivity index (χ4n) is 8.47. The summed E-state index contributed by atoms with van der Waals surface area (Å²) in [6.45, 7) is 21.6. The van der Waals surface area contributed by atoms with E-state index in [4.69, 9.17) is 69.6 Å². The molecule has 0 aliphatic carbocycles. The van der Waals surface area contributed by atoms with E-state index in [1.54, 1.807) is 58.8 Å². The molecule has 4 heterocycles. The molecule has 28 heteroatoms. The van der Waals surface area contributed by atoms with Crippen LogP contribution in [0.3, 0.4) is 0 Å². The number of aromatic nitrogens is 4. The van der Waals surface area contributed by atoms with Gasteiger partial charge in [-0.1, -0.05) is 72.8 Å². The van der Waals surface area contributed by atoms with Gasteiger partial charge in [0.25, 0.3) is 17.7 Å². The highest BCUT2D eigenvalue weighted by Crippen LogP contribution is 2.23. The van der Waals surface area contributed by atoms with Crippen molar-refractivity contribution in [2.24, 2.45) is 28.7 Å². The number of pyridine rings is 4. The number of amides is 3. The zero-order valence-corrected chi connectivity index (χ0v) is 69.0. The number of hydrogen-bond donors (Lipinski definition) is 7. The zero-order chi connectivity index (χ0) is 79.7. The molecular formula is C81H104BrCl4N11O12. The zero-order valence-electron chi connectivity index (χ0n) is 64.2. The van der Waals surface area contributed by atoms with Gasteiger partial charge in [0.05, 0.1) is 64.4 Å². The number of phenols is 1. The topological polar surface area (TPSA) is 386 Å². The van der Waals surface area contributed by atoms with Crippen molar-refractivity contribution in [1.29, 1.82) is 5.26 Å². The van der Waals surface area contributed by atoms with Crippen LogP contribution in [0.4, 0.5) is 0 Å². The number of hydrogen-bond acceptors (Lipinski definition) is 20. The summed E-state index contributed by atoms with van der Waals surface area (Å²) in [5.41, 5.74) is 42.8. The molecule has 0 unspecified atom stereocenters. The van der Waals surface area contributed by atoms with Gasteiger partial charge in [-0.3, -0.25) is 38.9 Å². The van der Waals surface area contributed by atoms with E-state index in [2.05, 4.69) is 52.0 Å². The predicted octanol–water partition coefficient (Wildman–Crippen LogP) is 13.8. The maximum atomic E-state index is 12.0. The number of aromatic hydroxyl groups is 1. The first kappa shape index (κ1) is 103. The standard InChI is InChI=1S/C20H24N2O3.C9H11NO2.2C9H13NO.C8H12N2.C8H8N2.C8H9NO2.C6H6BrN.C4H5ClO3.3ClH/c1-14-7-9-16(19(11-14)25-3)13-22-20(24)18(23)6-4-5-17-10-8-15(2)12-21-17;1-6-3-4-7(9(10)11)8(5-6)12-2;2*1-7-3-4-8(6-10)9(5-7)11-2;2*1-7-2-3-8(4-5-9)10-6-7;1-5-2-3-6(8(9)11)7(10)4-5;1-5-2-3-6(7)8-4-5;1-2-8-4(7)3(5)6;;;/h7-12H,4-6,13H2,1-3H3,(H,22,24);3-5H,1-2H3,(H2,10,11);2*3-5H,6,10H2,1-2H3;2-3,6H,4-5,9H2,1H3;2-3,6H,4H2,1H3;2-4,10H,1H3,(H2,9,11);2-4H,1H3;2H2,1H3;3*1H. The number of nitrogens with one attached hydrogen (secondary N) is 1. The number of primary amides is 2. The van der Waals surface area contributed by atoms with Gasteiger partial charge in [-0.05, 0) is 233 Å². The van der Waals surface area contributed by atoms with Gasteiger partial charge < -0.3 is 62.8 Å². The van der Waals surface area contributed by atoms with E-state index in [0.29, 0.717) is 56.0 Å². The van der Waals surface area contributed by atoms with Gasteiger partial charge in [0.2, 0.25) is 5.78 Å². The normalized spacial score (nSPS) is 9.34. The molecule has 109 heavy (non-hydrogen) atoms. The first-order valence-corrected chi connectivity index (χ1v) is 34.5. The molecule has 9 rings (SSSR count). The number of aryl methyl sites for hydroxylation is 10. The third kappa shape index (κ3) is 44.1. The molecule has 0 fully saturated rings. The second-order valence-corrected chi connectivity index (χ2v) is 24.4. The molecule has 0 radical (unpaired) electrons. The average molecular weight is 1650 g/mol. The van der Waals surface area contributed by atoms with Crippen LogP contribution in [0, 0.1) is 73.6 Å². The Bertz CT molecular complexity index is 4140. The molecule has 4 aromatic heterocycles. The minimum Gasteiger partial charge on any atom is -0.507 e. The van der Waals surface area contributed by atoms with E-state index >= 15 is 0 Å². The molecule has 0 aliphatic rings. The summed E-state index contributed by atoms with van der Waals surface area (Å²) >= 11 is 7.93. The van der Waals surface area contributed by atoms with Gasteiger partial charge in [-0.25, -0.2) is 9.78 Å². The Balaban J connectivity index is -0.00000119. The van der Waals surface area contributed by atoms with Crippen LogP contribution in [0.15, 0.2) is 169 Å². The summed E-state index contributed by atoms with van der Waals surface area (Å²) in [7, 11) is 6.42.